The predicted molar refractivity (Wildman–Crippen MR) is 72.2 cm³/mol. The van der Waals surface area contributed by atoms with Crippen molar-refractivity contribution in [2.24, 2.45) is 5.73 Å². The van der Waals surface area contributed by atoms with E-state index in [1.807, 2.05) is 6.92 Å². The Balaban J connectivity index is 2.19. The lowest BCUT2D eigenvalue weighted by atomic mass is 10.2. The third kappa shape index (κ3) is 3.32. The number of pyridine rings is 1. The number of benzene rings is 1. The molecule has 0 atom stereocenters. The fourth-order valence-corrected chi connectivity index (χ4v) is 2.62. The molecule has 88 valence electrons. The number of nitrogens with zero attached hydrogens (tertiary/aromatic N) is 1. The average molecular weight is 244 g/mol. The van der Waals surface area contributed by atoms with Crippen LogP contribution in [0.4, 0.5) is 0 Å². The van der Waals surface area contributed by atoms with Crippen LogP contribution in [-0.4, -0.2) is 4.98 Å². The lowest BCUT2D eigenvalue weighted by molar-refractivity contribution is 1.04. The van der Waals surface area contributed by atoms with E-state index < -0.39 is 0 Å². The highest BCUT2D eigenvalue weighted by Gasteiger charge is 2.01. The van der Waals surface area contributed by atoms with Crippen molar-refractivity contribution >= 4 is 11.8 Å². The molecule has 0 saturated heterocycles. The number of hydrogen-bond donors (Lipinski definition) is 1. The van der Waals surface area contributed by atoms with Gasteiger partial charge in [0.05, 0.1) is 0 Å². The Morgan fingerprint density at radius 2 is 1.82 bits per heavy atom. The topological polar surface area (TPSA) is 38.9 Å². The number of nitrogens with two attached hydrogens (primary N) is 1. The fourth-order valence-electron chi connectivity index (χ4n) is 1.67. The molecule has 0 spiro atoms. The van der Waals surface area contributed by atoms with Crippen LogP contribution in [0.25, 0.3) is 0 Å². The molecule has 17 heavy (non-hydrogen) atoms. The van der Waals surface area contributed by atoms with Crippen LogP contribution in [-0.2, 0) is 6.54 Å². The summed E-state index contributed by atoms with van der Waals surface area (Å²) in [6, 6.07) is 12.5. The van der Waals surface area contributed by atoms with Crippen LogP contribution in [0.2, 0.25) is 0 Å². The Labute approximate surface area is 106 Å². The highest BCUT2D eigenvalue weighted by atomic mass is 32.2. The summed E-state index contributed by atoms with van der Waals surface area (Å²) >= 11 is 1.68. The molecule has 1 aromatic carbocycles. The summed E-state index contributed by atoms with van der Waals surface area (Å²) in [5.41, 5.74) is 9.04. The molecule has 1 heterocycles. The maximum Gasteiger partial charge on any atom is 0.101 e. The molecule has 0 fully saturated rings. The molecule has 2 N–H and O–H groups in total. The van der Waals surface area contributed by atoms with Gasteiger partial charge in [0.25, 0.3) is 0 Å². The molecular weight excluding hydrogens is 228 g/mol. The zero-order chi connectivity index (χ0) is 12.3. The summed E-state index contributed by atoms with van der Waals surface area (Å²) in [6.45, 7) is 4.71. The molecule has 3 heteroatoms. The SMILES string of the molecule is Cc1cc(C)nc(Sc2ccc(CN)cc2)c1. The second-order valence-corrected chi connectivity index (χ2v) is 5.17. The molecular formula is C14H16N2S. The van der Waals surface area contributed by atoms with Crippen molar-refractivity contribution in [3.8, 4) is 0 Å². The lowest BCUT2D eigenvalue weighted by Crippen LogP contribution is -1.95. The van der Waals surface area contributed by atoms with E-state index in [1.54, 1.807) is 11.8 Å². The molecule has 1 aromatic heterocycles. The first-order chi connectivity index (χ1) is 8.17. The van der Waals surface area contributed by atoms with Crippen molar-refractivity contribution in [3.63, 3.8) is 0 Å². The number of rotatable bonds is 3. The summed E-state index contributed by atoms with van der Waals surface area (Å²) in [4.78, 5) is 5.70. The maximum absolute atomic E-state index is 5.57. The molecule has 0 unspecified atom stereocenters. The lowest BCUT2D eigenvalue weighted by Gasteiger charge is -2.04. The summed E-state index contributed by atoms with van der Waals surface area (Å²) < 4.78 is 0. The fraction of sp³-hybridized carbons (Fsp3) is 0.214. The Hall–Kier alpha value is -1.32. The Morgan fingerprint density at radius 3 is 2.41 bits per heavy atom. The Morgan fingerprint density at radius 1 is 1.12 bits per heavy atom. The van der Waals surface area contributed by atoms with Crippen molar-refractivity contribution in [1.29, 1.82) is 0 Å². The van der Waals surface area contributed by atoms with Gasteiger partial charge in [-0.25, -0.2) is 4.98 Å². The van der Waals surface area contributed by atoms with E-state index in [9.17, 15) is 0 Å². The summed E-state index contributed by atoms with van der Waals surface area (Å²) in [5, 5.41) is 1.04. The number of aromatic nitrogens is 1. The van der Waals surface area contributed by atoms with Gasteiger partial charge in [-0.2, -0.15) is 0 Å². The summed E-state index contributed by atoms with van der Waals surface area (Å²) in [6.07, 6.45) is 0. The van der Waals surface area contributed by atoms with Gasteiger partial charge in [0.15, 0.2) is 0 Å². The van der Waals surface area contributed by atoms with Crippen LogP contribution in [0.15, 0.2) is 46.3 Å². The van der Waals surface area contributed by atoms with Crippen LogP contribution in [0.5, 0.6) is 0 Å². The first kappa shape index (κ1) is 12.1. The largest absolute Gasteiger partial charge is 0.326 e. The van der Waals surface area contributed by atoms with Gasteiger partial charge in [-0.05, 0) is 49.2 Å². The van der Waals surface area contributed by atoms with Crippen molar-refractivity contribution in [3.05, 3.63) is 53.2 Å². The maximum atomic E-state index is 5.57. The molecule has 2 nitrogen and oxygen atoms in total. The molecule has 0 amide bonds. The van der Waals surface area contributed by atoms with Crippen LogP contribution in [0.1, 0.15) is 16.8 Å². The molecule has 0 bridgehead atoms. The molecule has 0 radical (unpaired) electrons. The van der Waals surface area contributed by atoms with E-state index in [1.165, 1.54) is 10.5 Å². The van der Waals surface area contributed by atoms with Gasteiger partial charge in [-0.3, -0.25) is 0 Å². The van der Waals surface area contributed by atoms with E-state index in [-0.39, 0.29) is 0 Å². The van der Waals surface area contributed by atoms with Crippen molar-refractivity contribution in [1.82, 2.24) is 4.98 Å². The van der Waals surface area contributed by atoms with Gasteiger partial charge in [0.2, 0.25) is 0 Å². The quantitative estimate of drug-likeness (QED) is 0.900. The van der Waals surface area contributed by atoms with Crippen molar-refractivity contribution < 1.29 is 0 Å². The van der Waals surface area contributed by atoms with Crippen LogP contribution in [0.3, 0.4) is 0 Å². The minimum atomic E-state index is 0.590. The summed E-state index contributed by atoms with van der Waals surface area (Å²) in [7, 11) is 0. The third-order valence-corrected chi connectivity index (χ3v) is 3.38. The van der Waals surface area contributed by atoms with Gasteiger partial charge >= 0.3 is 0 Å². The second-order valence-electron chi connectivity index (χ2n) is 4.07. The van der Waals surface area contributed by atoms with E-state index >= 15 is 0 Å². The molecule has 0 aliphatic carbocycles. The smallest absolute Gasteiger partial charge is 0.101 e. The van der Waals surface area contributed by atoms with Crippen LogP contribution >= 0.6 is 11.8 Å². The average Bonchev–Trinajstić information content (AvgIpc) is 2.28. The molecule has 2 aromatic rings. The highest BCUT2D eigenvalue weighted by Crippen LogP contribution is 2.27. The first-order valence-electron chi connectivity index (χ1n) is 5.59. The molecule has 2 rings (SSSR count). The van der Waals surface area contributed by atoms with Gasteiger partial charge in [0, 0.05) is 17.1 Å². The van der Waals surface area contributed by atoms with E-state index in [4.69, 9.17) is 5.73 Å². The normalized spacial score (nSPS) is 10.5. The van der Waals surface area contributed by atoms with E-state index in [2.05, 4.69) is 48.3 Å². The van der Waals surface area contributed by atoms with Gasteiger partial charge in [-0.1, -0.05) is 23.9 Å². The van der Waals surface area contributed by atoms with Gasteiger partial charge in [0.1, 0.15) is 5.03 Å². The Bertz CT molecular complexity index is 486. The van der Waals surface area contributed by atoms with Gasteiger partial charge < -0.3 is 5.73 Å². The highest BCUT2D eigenvalue weighted by molar-refractivity contribution is 7.99. The summed E-state index contributed by atoms with van der Waals surface area (Å²) in [5.74, 6) is 0. The van der Waals surface area contributed by atoms with Crippen molar-refractivity contribution in [2.45, 2.75) is 30.3 Å². The minimum absolute atomic E-state index is 0.590. The zero-order valence-corrected chi connectivity index (χ0v) is 10.9. The van der Waals surface area contributed by atoms with Gasteiger partial charge in [-0.15, -0.1) is 0 Å². The molecule has 0 saturated carbocycles. The standard InChI is InChI=1S/C14H16N2S/c1-10-7-11(2)16-14(8-10)17-13-5-3-12(9-15)4-6-13/h3-8H,9,15H2,1-2H3. The second kappa shape index (κ2) is 5.34. The predicted octanol–water partition coefficient (Wildman–Crippen LogP) is 3.31. The first-order valence-corrected chi connectivity index (χ1v) is 6.41. The van der Waals surface area contributed by atoms with E-state index in [0.717, 1.165) is 16.3 Å². The molecule has 0 aliphatic heterocycles. The van der Waals surface area contributed by atoms with Crippen LogP contribution in [0, 0.1) is 13.8 Å². The number of hydrogen-bond acceptors (Lipinski definition) is 3. The van der Waals surface area contributed by atoms with E-state index in [0.29, 0.717) is 6.54 Å². The van der Waals surface area contributed by atoms with Crippen molar-refractivity contribution in [2.75, 3.05) is 0 Å². The third-order valence-electron chi connectivity index (χ3n) is 2.46. The number of aryl methyl sites for hydroxylation is 2. The minimum Gasteiger partial charge on any atom is -0.326 e. The monoisotopic (exact) mass is 244 g/mol. The Kier molecular flexibility index (Phi) is 3.82. The molecule has 0 aliphatic rings. The zero-order valence-electron chi connectivity index (χ0n) is 10.1. The van der Waals surface area contributed by atoms with Crippen LogP contribution < -0.4 is 5.73 Å².